The fourth-order valence-electron chi connectivity index (χ4n) is 5.12. The zero-order valence-electron chi connectivity index (χ0n) is 21.5. The van der Waals surface area contributed by atoms with Gasteiger partial charge in [0.15, 0.2) is 0 Å². The van der Waals surface area contributed by atoms with Gasteiger partial charge >= 0.3 is 0 Å². The van der Waals surface area contributed by atoms with E-state index < -0.39 is 0 Å². The van der Waals surface area contributed by atoms with Crippen molar-refractivity contribution in [3.05, 3.63) is 63.7 Å². The second kappa shape index (κ2) is 9.39. The summed E-state index contributed by atoms with van der Waals surface area (Å²) in [6, 6.07) is 11.9. The van der Waals surface area contributed by atoms with Crippen LogP contribution in [0.4, 0.5) is 0 Å². The van der Waals surface area contributed by atoms with Crippen molar-refractivity contribution in [2.45, 2.75) is 105 Å². The molecule has 1 unspecified atom stereocenters. The molecule has 1 heterocycles. The van der Waals surface area contributed by atoms with Crippen LogP contribution in [0.1, 0.15) is 132 Å². The molecular weight excluding hydrogens is 376 g/mol. The number of rotatable bonds is 6. The van der Waals surface area contributed by atoms with Crippen LogP contribution in [0, 0.1) is 11.8 Å². The standard InChI is InChI=1S/C30H44O/c1-17(2)23-14-26(20(7)8)28-16-27(21(9)10)30(31-29(28)15-23)22-11-12-24(18(3)4)25(13-22)19(5)6/h11-15,17-21,27,30H,16H2,1-10H3/t27?,30-/m1/s1. The summed E-state index contributed by atoms with van der Waals surface area (Å²) in [6.07, 6.45) is 1.22. The third-order valence-electron chi connectivity index (χ3n) is 7.18. The van der Waals surface area contributed by atoms with Crippen LogP contribution < -0.4 is 4.74 Å². The van der Waals surface area contributed by atoms with Gasteiger partial charge < -0.3 is 4.74 Å². The maximum absolute atomic E-state index is 6.91. The van der Waals surface area contributed by atoms with Gasteiger partial charge in [0.1, 0.15) is 11.9 Å². The van der Waals surface area contributed by atoms with E-state index in [4.69, 9.17) is 4.74 Å². The minimum absolute atomic E-state index is 0.119. The molecule has 170 valence electrons. The normalized spacial score (nSPS) is 18.9. The lowest BCUT2D eigenvalue weighted by Gasteiger charge is -2.38. The summed E-state index contributed by atoms with van der Waals surface area (Å²) in [4.78, 5) is 0. The molecule has 1 aliphatic heterocycles. The molecule has 3 rings (SSSR count). The van der Waals surface area contributed by atoms with Crippen LogP contribution in [-0.4, -0.2) is 0 Å². The maximum atomic E-state index is 6.91. The fourth-order valence-corrected chi connectivity index (χ4v) is 5.12. The number of fused-ring (bicyclic) bond motifs is 1. The van der Waals surface area contributed by atoms with E-state index in [1.165, 1.54) is 33.4 Å². The zero-order valence-corrected chi connectivity index (χ0v) is 21.5. The van der Waals surface area contributed by atoms with E-state index in [-0.39, 0.29) is 6.10 Å². The van der Waals surface area contributed by atoms with E-state index in [0.717, 1.165) is 12.2 Å². The Morgan fingerprint density at radius 2 is 1.29 bits per heavy atom. The van der Waals surface area contributed by atoms with Crippen molar-refractivity contribution in [1.82, 2.24) is 0 Å². The summed E-state index contributed by atoms with van der Waals surface area (Å²) in [6.45, 7) is 23.1. The van der Waals surface area contributed by atoms with E-state index in [9.17, 15) is 0 Å². The summed E-state index contributed by atoms with van der Waals surface area (Å²) < 4.78 is 6.91. The van der Waals surface area contributed by atoms with E-state index >= 15 is 0 Å². The molecule has 0 fully saturated rings. The summed E-state index contributed by atoms with van der Waals surface area (Å²) in [5.41, 5.74) is 8.60. The van der Waals surface area contributed by atoms with Crippen molar-refractivity contribution >= 4 is 0 Å². The quantitative estimate of drug-likeness (QED) is 0.452. The summed E-state index contributed by atoms with van der Waals surface area (Å²) in [7, 11) is 0. The van der Waals surface area contributed by atoms with Crippen molar-refractivity contribution in [3.63, 3.8) is 0 Å². The fraction of sp³-hybridized carbons (Fsp3) is 0.600. The monoisotopic (exact) mass is 420 g/mol. The molecule has 2 aromatic rings. The first-order chi connectivity index (χ1) is 14.5. The lowest BCUT2D eigenvalue weighted by Crippen LogP contribution is -2.30. The molecule has 0 N–H and O–H groups in total. The number of hydrogen-bond acceptors (Lipinski definition) is 1. The smallest absolute Gasteiger partial charge is 0.127 e. The van der Waals surface area contributed by atoms with Crippen LogP contribution >= 0.6 is 0 Å². The predicted molar refractivity (Wildman–Crippen MR) is 135 cm³/mol. The van der Waals surface area contributed by atoms with Gasteiger partial charge in [0, 0.05) is 5.92 Å². The Labute approximate surface area is 191 Å². The van der Waals surface area contributed by atoms with Crippen molar-refractivity contribution in [2.24, 2.45) is 11.8 Å². The lowest BCUT2D eigenvalue weighted by molar-refractivity contribution is 0.0843. The molecule has 0 spiro atoms. The molecule has 0 aromatic heterocycles. The molecule has 0 amide bonds. The van der Waals surface area contributed by atoms with Gasteiger partial charge in [0.2, 0.25) is 0 Å². The van der Waals surface area contributed by atoms with Crippen molar-refractivity contribution in [3.8, 4) is 5.75 Å². The largest absolute Gasteiger partial charge is 0.485 e. The third kappa shape index (κ3) is 4.86. The third-order valence-corrected chi connectivity index (χ3v) is 7.18. The second-order valence-corrected chi connectivity index (χ2v) is 11.2. The highest BCUT2D eigenvalue weighted by Crippen LogP contribution is 2.46. The first-order valence-electron chi connectivity index (χ1n) is 12.5. The Bertz CT molecular complexity index is 901. The molecular formula is C30H44O. The van der Waals surface area contributed by atoms with E-state index in [1.54, 1.807) is 0 Å². The number of hydrogen-bond donors (Lipinski definition) is 0. The topological polar surface area (TPSA) is 9.23 Å². The van der Waals surface area contributed by atoms with Gasteiger partial charge in [-0.25, -0.2) is 0 Å². The Morgan fingerprint density at radius 1 is 0.677 bits per heavy atom. The van der Waals surface area contributed by atoms with Crippen molar-refractivity contribution in [1.29, 1.82) is 0 Å². The molecule has 1 heteroatoms. The van der Waals surface area contributed by atoms with E-state index in [1.807, 2.05) is 0 Å². The molecule has 31 heavy (non-hydrogen) atoms. The lowest BCUT2D eigenvalue weighted by atomic mass is 9.76. The molecule has 0 bridgehead atoms. The Balaban J connectivity index is 2.12. The van der Waals surface area contributed by atoms with Crippen LogP contribution in [0.15, 0.2) is 30.3 Å². The zero-order chi connectivity index (χ0) is 23.0. The van der Waals surface area contributed by atoms with Gasteiger partial charge in [0.25, 0.3) is 0 Å². The van der Waals surface area contributed by atoms with Crippen LogP contribution in [0.2, 0.25) is 0 Å². The van der Waals surface area contributed by atoms with Crippen molar-refractivity contribution in [2.75, 3.05) is 0 Å². The van der Waals surface area contributed by atoms with Gasteiger partial charge in [-0.2, -0.15) is 0 Å². The SMILES string of the molecule is CC(C)c1cc2c(c(C(C)C)c1)CC(C(C)C)[C@@H](c1ccc(C(C)C)c(C(C)C)c1)O2. The average molecular weight is 421 g/mol. The molecule has 2 aromatic carbocycles. The molecule has 0 aliphatic carbocycles. The van der Waals surface area contributed by atoms with E-state index in [2.05, 4.69) is 99.6 Å². The minimum Gasteiger partial charge on any atom is -0.485 e. The number of benzene rings is 2. The first-order valence-corrected chi connectivity index (χ1v) is 12.5. The van der Waals surface area contributed by atoms with Gasteiger partial charge in [-0.3, -0.25) is 0 Å². The Hall–Kier alpha value is -1.76. The van der Waals surface area contributed by atoms with Gasteiger partial charge in [-0.05, 0) is 75.5 Å². The van der Waals surface area contributed by atoms with Gasteiger partial charge in [0.05, 0.1) is 0 Å². The summed E-state index contributed by atoms with van der Waals surface area (Å²) in [5, 5.41) is 0. The predicted octanol–water partition coefficient (Wildman–Crippen LogP) is 9.13. The highest BCUT2D eigenvalue weighted by Gasteiger charge is 2.35. The highest BCUT2D eigenvalue weighted by molar-refractivity contribution is 5.49. The van der Waals surface area contributed by atoms with Crippen molar-refractivity contribution < 1.29 is 4.74 Å². The average Bonchev–Trinajstić information content (AvgIpc) is 2.70. The molecule has 0 saturated carbocycles. The van der Waals surface area contributed by atoms with Crippen LogP contribution in [0.5, 0.6) is 5.75 Å². The molecule has 2 atom stereocenters. The Morgan fingerprint density at radius 3 is 1.81 bits per heavy atom. The summed E-state index contributed by atoms with van der Waals surface area (Å²) >= 11 is 0. The highest BCUT2D eigenvalue weighted by atomic mass is 16.5. The second-order valence-electron chi connectivity index (χ2n) is 11.2. The van der Waals surface area contributed by atoms with Crippen LogP contribution in [0.3, 0.4) is 0 Å². The number of ether oxygens (including phenoxy) is 1. The summed E-state index contributed by atoms with van der Waals surface area (Å²) in [5.74, 6) is 4.25. The van der Waals surface area contributed by atoms with Gasteiger partial charge in [-0.1, -0.05) is 93.5 Å². The first kappa shape index (κ1) is 23.9. The maximum Gasteiger partial charge on any atom is 0.127 e. The van der Waals surface area contributed by atoms with Crippen LogP contribution in [0.25, 0.3) is 0 Å². The molecule has 0 radical (unpaired) electrons. The van der Waals surface area contributed by atoms with Crippen LogP contribution in [-0.2, 0) is 6.42 Å². The molecule has 1 nitrogen and oxygen atoms in total. The minimum atomic E-state index is 0.119. The molecule has 1 aliphatic rings. The van der Waals surface area contributed by atoms with Gasteiger partial charge in [-0.15, -0.1) is 0 Å². The van der Waals surface area contributed by atoms with E-state index in [0.29, 0.717) is 35.5 Å². The Kier molecular flexibility index (Phi) is 7.24. The molecule has 0 saturated heterocycles.